The molecule has 0 aromatic rings. The molecule has 1 fully saturated rings. The number of rotatable bonds is 5. The molecule has 0 bridgehead atoms. The maximum Gasteiger partial charge on any atom is 0.323 e. The lowest BCUT2D eigenvalue weighted by molar-refractivity contribution is -0.137. The molecule has 1 saturated heterocycles. The molecule has 0 atom stereocenters. The molecule has 7 nitrogen and oxygen atoms in total. The van der Waals surface area contributed by atoms with Crippen molar-refractivity contribution in [3.63, 3.8) is 0 Å². The average molecular weight is 273 g/mol. The number of likely N-dealkylation sites (N-methyl/N-ethyl adjacent to an activating group) is 1. The molecular formula is C12H23N3O4. The Labute approximate surface area is 113 Å². The minimum atomic E-state index is -1.00. The van der Waals surface area contributed by atoms with Crippen molar-refractivity contribution < 1.29 is 19.4 Å². The topological polar surface area (TPSA) is 73.3 Å². The third-order valence-corrected chi connectivity index (χ3v) is 3.15. The molecule has 7 heteroatoms. The van der Waals surface area contributed by atoms with Gasteiger partial charge in [-0.25, -0.2) is 4.79 Å². The Kier molecular flexibility index (Phi) is 6.58. The molecular weight excluding hydrogens is 250 g/mol. The van der Waals surface area contributed by atoms with E-state index < -0.39 is 5.97 Å². The summed E-state index contributed by atoms with van der Waals surface area (Å²) in [7, 11) is 3.55. The number of aliphatic carboxylic acids is 1. The molecule has 1 N–H and O–H groups in total. The lowest BCUT2D eigenvalue weighted by Gasteiger charge is -2.28. The van der Waals surface area contributed by atoms with Gasteiger partial charge in [-0.1, -0.05) is 0 Å². The second-order valence-corrected chi connectivity index (χ2v) is 4.73. The van der Waals surface area contributed by atoms with E-state index in [1.807, 2.05) is 7.05 Å². The Bertz CT molecular complexity index is 311. The molecule has 1 heterocycles. The molecule has 0 aliphatic carbocycles. The zero-order chi connectivity index (χ0) is 14.3. The number of hydrogen-bond donors (Lipinski definition) is 1. The van der Waals surface area contributed by atoms with Crippen LogP contribution in [-0.4, -0.2) is 91.8 Å². The standard InChI is InChI=1S/C12H23N3O4/c1-13-4-3-5-14(7-6-13)12(18)15(8-9-19-2)10-11(16)17/h3-10H2,1-2H3,(H,16,17). The summed E-state index contributed by atoms with van der Waals surface area (Å²) in [5.74, 6) is -1.00. The third-order valence-electron chi connectivity index (χ3n) is 3.15. The first-order chi connectivity index (χ1) is 9.04. The molecule has 0 radical (unpaired) electrons. The van der Waals surface area contributed by atoms with Gasteiger partial charge in [-0.2, -0.15) is 0 Å². The van der Waals surface area contributed by atoms with Crippen LogP contribution in [0.4, 0.5) is 4.79 Å². The summed E-state index contributed by atoms with van der Waals surface area (Å²) in [6.45, 7) is 3.44. The van der Waals surface area contributed by atoms with Gasteiger partial charge in [-0.3, -0.25) is 4.79 Å². The molecule has 0 aromatic heterocycles. The fraction of sp³-hybridized carbons (Fsp3) is 0.833. The maximum absolute atomic E-state index is 12.3. The van der Waals surface area contributed by atoms with Crippen molar-refractivity contribution in [3.8, 4) is 0 Å². The second kappa shape index (κ2) is 7.96. The van der Waals surface area contributed by atoms with E-state index in [1.165, 1.54) is 12.0 Å². The van der Waals surface area contributed by atoms with Crippen LogP contribution in [0.15, 0.2) is 0 Å². The summed E-state index contributed by atoms with van der Waals surface area (Å²) in [6, 6.07) is -0.213. The van der Waals surface area contributed by atoms with E-state index in [1.54, 1.807) is 4.90 Å². The minimum Gasteiger partial charge on any atom is -0.480 e. The molecule has 19 heavy (non-hydrogen) atoms. The highest BCUT2D eigenvalue weighted by Gasteiger charge is 2.24. The van der Waals surface area contributed by atoms with Crippen molar-refractivity contribution >= 4 is 12.0 Å². The van der Waals surface area contributed by atoms with Gasteiger partial charge < -0.3 is 24.5 Å². The number of carbonyl (C=O) groups excluding carboxylic acids is 1. The van der Waals surface area contributed by atoms with Crippen LogP contribution in [0.5, 0.6) is 0 Å². The third kappa shape index (κ3) is 5.44. The number of hydrogen-bond acceptors (Lipinski definition) is 4. The minimum absolute atomic E-state index is 0.213. The van der Waals surface area contributed by atoms with Gasteiger partial charge in [0.1, 0.15) is 6.54 Å². The summed E-state index contributed by atoms with van der Waals surface area (Å²) in [5, 5.41) is 8.87. The van der Waals surface area contributed by atoms with E-state index in [2.05, 4.69) is 4.90 Å². The molecule has 1 rings (SSSR count). The average Bonchev–Trinajstić information content (AvgIpc) is 2.58. The van der Waals surface area contributed by atoms with Crippen molar-refractivity contribution in [1.29, 1.82) is 0 Å². The fourth-order valence-electron chi connectivity index (χ4n) is 2.04. The van der Waals surface area contributed by atoms with Crippen molar-refractivity contribution in [1.82, 2.24) is 14.7 Å². The Morgan fingerprint density at radius 2 is 2.00 bits per heavy atom. The van der Waals surface area contributed by atoms with E-state index >= 15 is 0 Å². The molecule has 1 aliphatic heterocycles. The second-order valence-electron chi connectivity index (χ2n) is 4.73. The van der Waals surface area contributed by atoms with Crippen LogP contribution in [0.2, 0.25) is 0 Å². The summed E-state index contributed by atoms with van der Waals surface area (Å²) in [5.41, 5.74) is 0. The van der Waals surface area contributed by atoms with E-state index in [-0.39, 0.29) is 12.6 Å². The highest BCUT2D eigenvalue weighted by molar-refractivity contribution is 5.80. The first kappa shape index (κ1) is 15.7. The maximum atomic E-state index is 12.3. The normalized spacial score (nSPS) is 17.1. The van der Waals surface area contributed by atoms with Crippen LogP contribution < -0.4 is 0 Å². The number of carboxylic acid groups (broad SMARTS) is 1. The van der Waals surface area contributed by atoms with Crippen LogP contribution in [0.3, 0.4) is 0 Å². The molecule has 1 aliphatic rings. The summed E-state index contributed by atoms with van der Waals surface area (Å²) in [4.78, 5) is 28.4. The van der Waals surface area contributed by atoms with Crippen LogP contribution in [0.25, 0.3) is 0 Å². The molecule has 0 aromatic carbocycles. The Balaban J connectivity index is 2.60. The van der Waals surface area contributed by atoms with Gasteiger partial charge in [0.2, 0.25) is 0 Å². The number of carbonyl (C=O) groups is 2. The molecule has 0 spiro atoms. The van der Waals surface area contributed by atoms with Crippen LogP contribution in [0.1, 0.15) is 6.42 Å². The Morgan fingerprint density at radius 3 is 2.63 bits per heavy atom. The van der Waals surface area contributed by atoms with E-state index in [4.69, 9.17) is 9.84 Å². The van der Waals surface area contributed by atoms with Gasteiger partial charge in [0.05, 0.1) is 6.61 Å². The van der Waals surface area contributed by atoms with Crippen LogP contribution in [0, 0.1) is 0 Å². The SMILES string of the molecule is COCCN(CC(=O)O)C(=O)N1CCCN(C)CC1. The Morgan fingerprint density at radius 1 is 1.26 bits per heavy atom. The number of urea groups is 1. The van der Waals surface area contributed by atoms with E-state index in [9.17, 15) is 9.59 Å². The number of nitrogens with zero attached hydrogens (tertiary/aromatic N) is 3. The summed E-state index contributed by atoms with van der Waals surface area (Å²) in [6.07, 6.45) is 0.910. The number of amides is 2. The van der Waals surface area contributed by atoms with Crippen molar-refractivity contribution in [2.75, 3.05) is 60.0 Å². The summed E-state index contributed by atoms with van der Waals surface area (Å²) < 4.78 is 4.92. The zero-order valence-corrected chi connectivity index (χ0v) is 11.7. The first-order valence-electron chi connectivity index (χ1n) is 6.47. The monoisotopic (exact) mass is 273 g/mol. The van der Waals surface area contributed by atoms with Crippen LogP contribution >= 0.6 is 0 Å². The number of ether oxygens (including phenoxy) is 1. The van der Waals surface area contributed by atoms with Gasteiger partial charge >= 0.3 is 12.0 Å². The van der Waals surface area contributed by atoms with Crippen molar-refractivity contribution in [2.45, 2.75) is 6.42 Å². The predicted octanol–water partition coefficient (Wildman–Crippen LogP) is -0.223. The smallest absolute Gasteiger partial charge is 0.323 e. The van der Waals surface area contributed by atoms with Gasteiger partial charge in [0.25, 0.3) is 0 Å². The predicted molar refractivity (Wildman–Crippen MR) is 70.2 cm³/mol. The van der Waals surface area contributed by atoms with Gasteiger partial charge in [-0.15, -0.1) is 0 Å². The van der Waals surface area contributed by atoms with Gasteiger partial charge in [-0.05, 0) is 20.0 Å². The lowest BCUT2D eigenvalue weighted by Crippen LogP contribution is -2.47. The zero-order valence-electron chi connectivity index (χ0n) is 11.7. The highest BCUT2D eigenvalue weighted by Crippen LogP contribution is 2.05. The fourth-order valence-corrected chi connectivity index (χ4v) is 2.04. The molecule has 2 amide bonds. The largest absolute Gasteiger partial charge is 0.480 e. The van der Waals surface area contributed by atoms with E-state index in [0.717, 1.165) is 19.5 Å². The highest BCUT2D eigenvalue weighted by atomic mass is 16.5. The van der Waals surface area contributed by atoms with Crippen LogP contribution in [-0.2, 0) is 9.53 Å². The lowest BCUT2D eigenvalue weighted by atomic mass is 10.4. The number of methoxy groups -OCH3 is 1. The number of carboxylic acids is 1. The quantitative estimate of drug-likeness (QED) is 0.749. The summed E-state index contributed by atoms with van der Waals surface area (Å²) >= 11 is 0. The molecule has 110 valence electrons. The molecule has 0 saturated carbocycles. The Hall–Kier alpha value is -1.34. The van der Waals surface area contributed by atoms with Gasteiger partial charge in [0.15, 0.2) is 0 Å². The van der Waals surface area contributed by atoms with Crippen molar-refractivity contribution in [2.24, 2.45) is 0 Å². The van der Waals surface area contributed by atoms with Crippen molar-refractivity contribution in [3.05, 3.63) is 0 Å². The molecule has 0 unspecified atom stereocenters. The first-order valence-corrected chi connectivity index (χ1v) is 6.47. The van der Waals surface area contributed by atoms with E-state index in [0.29, 0.717) is 26.2 Å². The van der Waals surface area contributed by atoms with Gasteiger partial charge in [0, 0.05) is 33.3 Å².